The molecule has 0 fully saturated rings. The van der Waals surface area contributed by atoms with Gasteiger partial charge in [-0.25, -0.2) is 9.97 Å². The second-order valence-corrected chi connectivity index (χ2v) is 6.66. The number of anilines is 1. The van der Waals surface area contributed by atoms with Gasteiger partial charge in [0.1, 0.15) is 5.69 Å². The Morgan fingerprint density at radius 3 is 2.79 bits per heavy atom. The molecule has 1 aromatic heterocycles. The molecule has 1 aliphatic rings. The van der Waals surface area contributed by atoms with Crippen molar-refractivity contribution in [2.24, 2.45) is 0 Å². The molecule has 1 aliphatic heterocycles. The van der Waals surface area contributed by atoms with Crippen LogP contribution < -0.4 is 4.90 Å². The number of halogens is 3. The van der Waals surface area contributed by atoms with E-state index in [1.165, 1.54) is 0 Å². The Morgan fingerprint density at radius 1 is 1.29 bits per heavy atom. The van der Waals surface area contributed by atoms with Gasteiger partial charge in [0, 0.05) is 18.4 Å². The number of carbonyl (C=O) groups is 1. The number of carbonyl (C=O) groups excluding carboxylic acids is 1. The smallest absolute Gasteiger partial charge is 0.311 e. The molecule has 1 aromatic carbocycles. The van der Waals surface area contributed by atoms with Gasteiger partial charge in [-0.1, -0.05) is 30.0 Å². The van der Waals surface area contributed by atoms with E-state index in [1.54, 1.807) is 11.8 Å². The summed E-state index contributed by atoms with van der Waals surface area (Å²) in [5.74, 6) is -0.161. The maximum atomic E-state index is 12.7. The fourth-order valence-corrected chi connectivity index (χ4v) is 3.37. The minimum absolute atomic E-state index is 0.0573. The third-order valence-corrected chi connectivity index (χ3v) is 4.67. The van der Waals surface area contributed by atoms with Crippen LogP contribution in [0.2, 0.25) is 0 Å². The highest BCUT2D eigenvalue weighted by atomic mass is 32.2. The number of hydrogen-bond acceptors (Lipinski definition) is 4. The predicted octanol–water partition coefficient (Wildman–Crippen LogP) is 3.57. The van der Waals surface area contributed by atoms with Crippen LogP contribution in [0, 0.1) is 0 Å². The van der Waals surface area contributed by atoms with Crippen LogP contribution in [0.5, 0.6) is 0 Å². The summed E-state index contributed by atoms with van der Waals surface area (Å²) in [6.45, 7) is 2.23. The lowest BCUT2D eigenvalue weighted by atomic mass is 10.2. The van der Waals surface area contributed by atoms with Crippen LogP contribution in [0.25, 0.3) is 0 Å². The first-order chi connectivity index (χ1) is 11.4. The molecule has 126 valence electrons. The van der Waals surface area contributed by atoms with Crippen LogP contribution in [0.1, 0.15) is 18.2 Å². The van der Waals surface area contributed by atoms with Gasteiger partial charge >= 0.3 is 6.18 Å². The predicted molar refractivity (Wildman–Crippen MR) is 84.9 cm³/mol. The molecule has 0 N–H and O–H groups in total. The number of rotatable bonds is 3. The van der Waals surface area contributed by atoms with Gasteiger partial charge in [-0.3, -0.25) is 4.79 Å². The van der Waals surface area contributed by atoms with Crippen LogP contribution in [0.15, 0.2) is 41.7 Å². The molecule has 24 heavy (non-hydrogen) atoms. The lowest BCUT2D eigenvalue weighted by Gasteiger charge is -2.21. The number of hydrogen-bond donors (Lipinski definition) is 0. The Morgan fingerprint density at radius 2 is 2.04 bits per heavy atom. The topological polar surface area (TPSA) is 46.1 Å². The quantitative estimate of drug-likeness (QED) is 0.625. The average molecular weight is 353 g/mol. The summed E-state index contributed by atoms with van der Waals surface area (Å²) in [5.41, 5.74) is 0.949. The molecular weight excluding hydrogens is 339 g/mol. The minimum Gasteiger partial charge on any atom is -0.311 e. The number of alkyl halides is 3. The molecule has 1 atom stereocenters. The third-order valence-electron chi connectivity index (χ3n) is 3.71. The molecule has 4 nitrogen and oxygen atoms in total. The summed E-state index contributed by atoms with van der Waals surface area (Å²) in [7, 11) is 0. The second kappa shape index (κ2) is 6.43. The van der Waals surface area contributed by atoms with Gasteiger partial charge < -0.3 is 4.90 Å². The Bertz CT molecular complexity index is 766. The summed E-state index contributed by atoms with van der Waals surface area (Å²) in [6.07, 6.45) is -2.70. The summed E-state index contributed by atoms with van der Waals surface area (Å²) in [5, 5.41) is -0.641. The van der Waals surface area contributed by atoms with E-state index in [0.29, 0.717) is 6.54 Å². The standard InChI is InChI=1S/C16H14F3N3OS/c1-10(24-15-20-8-6-13(21-15)16(17,18)19)14(23)22-9-7-11-4-2-3-5-12(11)22/h2-6,8,10H,7,9H2,1H3. The molecule has 8 heteroatoms. The van der Waals surface area contributed by atoms with Crippen molar-refractivity contribution in [1.29, 1.82) is 0 Å². The van der Waals surface area contributed by atoms with Crippen LogP contribution in [0.3, 0.4) is 0 Å². The monoisotopic (exact) mass is 353 g/mol. The zero-order valence-electron chi connectivity index (χ0n) is 12.7. The summed E-state index contributed by atoms with van der Waals surface area (Å²) in [6, 6.07) is 8.43. The van der Waals surface area contributed by atoms with Gasteiger partial charge in [-0.15, -0.1) is 0 Å². The largest absolute Gasteiger partial charge is 0.433 e. The average Bonchev–Trinajstić information content (AvgIpc) is 2.97. The molecule has 0 spiro atoms. The molecule has 0 bridgehead atoms. The Hall–Kier alpha value is -2.09. The van der Waals surface area contributed by atoms with E-state index in [1.807, 2.05) is 24.3 Å². The van der Waals surface area contributed by atoms with E-state index in [4.69, 9.17) is 0 Å². The Balaban J connectivity index is 1.74. The number of fused-ring (bicyclic) bond motifs is 1. The lowest BCUT2D eigenvalue weighted by molar-refractivity contribution is -0.141. The highest BCUT2D eigenvalue weighted by molar-refractivity contribution is 8.00. The molecule has 0 radical (unpaired) electrons. The Kier molecular flexibility index (Phi) is 4.49. The summed E-state index contributed by atoms with van der Waals surface area (Å²) < 4.78 is 38.1. The van der Waals surface area contributed by atoms with E-state index in [9.17, 15) is 18.0 Å². The van der Waals surface area contributed by atoms with Crippen molar-refractivity contribution >= 4 is 23.4 Å². The zero-order chi connectivity index (χ0) is 17.3. The molecule has 3 rings (SSSR count). The molecular formula is C16H14F3N3OS. The van der Waals surface area contributed by atoms with Crippen molar-refractivity contribution < 1.29 is 18.0 Å². The van der Waals surface area contributed by atoms with Crippen molar-refractivity contribution in [3.05, 3.63) is 47.8 Å². The van der Waals surface area contributed by atoms with Crippen molar-refractivity contribution in [2.45, 2.75) is 29.9 Å². The Labute approximate surface area is 141 Å². The van der Waals surface area contributed by atoms with E-state index >= 15 is 0 Å². The van der Waals surface area contributed by atoms with E-state index < -0.39 is 17.1 Å². The van der Waals surface area contributed by atoms with Gasteiger partial charge in [-0.05, 0) is 31.0 Å². The fourth-order valence-electron chi connectivity index (χ4n) is 2.55. The molecule has 0 saturated carbocycles. The fraction of sp³-hybridized carbons (Fsp3) is 0.312. The number of aromatic nitrogens is 2. The van der Waals surface area contributed by atoms with Gasteiger partial charge in [0.2, 0.25) is 5.91 Å². The molecule has 1 amide bonds. The van der Waals surface area contributed by atoms with Crippen molar-refractivity contribution in [2.75, 3.05) is 11.4 Å². The van der Waals surface area contributed by atoms with Crippen LogP contribution in [0.4, 0.5) is 18.9 Å². The molecule has 0 saturated heterocycles. The van der Waals surface area contributed by atoms with Crippen molar-refractivity contribution in [1.82, 2.24) is 9.97 Å². The van der Waals surface area contributed by atoms with E-state index in [-0.39, 0.29) is 11.1 Å². The first kappa shape index (κ1) is 16.8. The van der Waals surface area contributed by atoms with Crippen LogP contribution in [-0.2, 0) is 17.4 Å². The summed E-state index contributed by atoms with van der Waals surface area (Å²) >= 11 is 0.930. The maximum absolute atomic E-state index is 12.7. The molecule has 2 aromatic rings. The first-order valence-electron chi connectivity index (χ1n) is 7.32. The third kappa shape index (κ3) is 3.38. The SMILES string of the molecule is CC(Sc1nccc(C(F)(F)F)n1)C(=O)N1CCc2ccccc21. The number of para-hydroxylation sites is 1. The number of benzene rings is 1. The second-order valence-electron chi connectivity index (χ2n) is 5.35. The van der Waals surface area contributed by atoms with Crippen molar-refractivity contribution in [3.63, 3.8) is 0 Å². The van der Waals surface area contributed by atoms with Gasteiger partial charge in [0.25, 0.3) is 0 Å². The van der Waals surface area contributed by atoms with Crippen LogP contribution >= 0.6 is 11.8 Å². The van der Waals surface area contributed by atoms with E-state index in [0.717, 1.165) is 41.7 Å². The van der Waals surface area contributed by atoms with Gasteiger partial charge in [-0.2, -0.15) is 13.2 Å². The minimum atomic E-state index is -4.53. The highest BCUT2D eigenvalue weighted by Gasteiger charge is 2.33. The molecule has 2 heterocycles. The normalized spacial score (nSPS) is 15.2. The van der Waals surface area contributed by atoms with Gasteiger partial charge in [0.05, 0.1) is 5.25 Å². The van der Waals surface area contributed by atoms with Crippen molar-refractivity contribution in [3.8, 4) is 0 Å². The van der Waals surface area contributed by atoms with E-state index in [2.05, 4.69) is 9.97 Å². The van der Waals surface area contributed by atoms with Crippen LogP contribution in [-0.4, -0.2) is 27.7 Å². The zero-order valence-corrected chi connectivity index (χ0v) is 13.6. The number of thioether (sulfide) groups is 1. The number of nitrogens with zero attached hydrogens (tertiary/aromatic N) is 3. The molecule has 1 unspecified atom stereocenters. The molecule has 0 aliphatic carbocycles. The summed E-state index contributed by atoms with van der Waals surface area (Å²) in [4.78, 5) is 21.6. The van der Waals surface area contributed by atoms with Gasteiger partial charge in [0.15, 0.2) is 5.16 Å². The number of amides is 1. The lowest BCUT2D eigenvalue weighted by Crippen LogP contribution is -2.35. The first-order valence-corrected chi connectivity index (χ1v) is 8.20. The maximum Gasteiger partial charge on any atom is 0.433 e. The highest BCUT2D eigenvalue weighted by Crippen LogP contribution is 2.32.